The summed E-state index contributed by atoms with van der Waals surface area (Å²) < 4.78 is 0. The van der Waals surface area contributed by atoms with Gasteiger partial charge >= 0.3 is 11.7 Å². The van der Waals surface area contributed by atoms with E-state index in [0.29, 0.717) is 0 Å². The number of pyridine rings is 1. The molecule has 0 fully saturated rings. The molecule has 0 saturated heterocycles. The molecule has 1 aromatic heterocycles. The van der Waals surface area contributed by atoms with E-state index in [0.717, 1.165) is 12.1 Å². The molecule has 0 aromatic carbocycles. The molecular weight excluding hydrogens is 226 g/mol. The first kappa shape index (κ1) is 12.9. The molecule has 0 saturated carbocycles. The Kier molecular flexibility index (Phi) is 3.31. The maximum absolute atomic E-state index is 10.8. The SMILES string of the molecule is CC(C)(C)Nc1nc(C(=O)O)ccc1[N+](=O)[O-]. The molecule has 7 heteroatoms. The quantitative estimate of drug-likeness (QED) is 0.616. The van der Waals surface area contributed by atoms with Gasteiger partial charge in [-0.3, -0.25) is 10.1 Å². The Morgan fingerprint density at radius 3 is 2.47 bits per heavy atom. The van der Waals surface area contributed by atoms with Gasteiger partial charge in [-0.15, -0.1) is 0 Å². The van der Waals surface area contributed by atoms with Crippen LogP contribution in [0.1, 0.15) is 31.3 Å². The summed E-state index contributed by atoms with van der Waals surface area (Å²) in [5, 5.41) is 22.4. The molecule has 0 aliphatic rings. The number of aromatic nitrogens is 1. The Morgan fingerprint density at radius 2 is 2.06 bits per heavy atom. The van der Waals surface area contributed by atoms with Gasteiger partial charge in [-0.1, -0.05) is 0 Å². The van der Waals surface area contributed by atoms with Crippen molar-refractivity contribution in [1.82, 2.24) is 4.98 Å². The molecule has 0 aliphatic carbocycles. The van der Waals surface area contributed by atoms with Gasteiger partial charge in [-0.05, 0) is 26.8 Å². The van der Waals surface area contributed by atoms with Gasteiger partial charge in [0.15, 0.2) is 5.69 Å². The normalized spacial score (nSPS) is 11.0. The third-order valence-electron chi connectivity index (χ3n) is 1.78. The fraction of sp³-hybridized carbons (Fsp3) is 0.400. The second kappa shape index (κ2) is 4.36. The lowest BCUT2D eigenvalue weighted by atomic mass is 10.1. The molecular formula is C10H13N3O4. The Balaban J connectivity index is 3.25. The second-order valence-electron chi connectivity index (χ2n) is 4.50. The van der Waals surface area contributed by atoms with Crippen molar-refractivity contribution >= 4 is 17.5 Å². The number of nitrogens with zero attached hydrogens (tertiary/aromatic N) is 2. The van der Waals surface area contributed by atoms with Crippen molar-refractivity contribution in [1.29, 1.82) is 0 Å². The van der Waals surface area contributed by atoms with Gasteiger partial charge < -0.3 is 10.4 Å². The Hall–Kier alpha value is -2.18. The monoisotopic (exact) mass is 239 g/mol. The summed E-state index contributed by atoms with van der Waals surface area (Å²) in [4.78, 5) is 24.6. The van der Waals surface area contributed by atoms with Crippen molar-refractivity contribution in [3.63, 3.8) is 0 Å². The van der Waals surface area contributed by atoms with Gasteiger partial charge in [0.1, 0.15) is 0 Å². The maximum Gasteiger partial charge on any atom is 0.354 e. The average molecular weight is 239 g/mol. The lowest BCUT2D eigenvalue weighted by Gasteiger charge is -2.21. The number of hydrogen-bond donors (Lipinski definition) is 2. The largest absolute Gasteiger partial charge is 0.477 e. The van der Waals surface area contributed by atoms with Crippen LogP contribution in [0.4, 0.5) is 11.5 Å². The Morgan fingerprint density at radius 1 is 1.47 bits per heavy atom. The van der Waals surface area contributed by atoms with Crippen molar-refractivity contribution in [2.75, 3.05) is 5.32 Å². The van der Waals surface area contributed by atoms with Crippen LogP contribution in [0.3, 0.4) is 0 Å². The third-order valence-corrected chi connectivity index (χ3v) is 1.78. The number of rotatable bonds is 3. The molecule has 0 amide bonds. The lowest BCUT2D eigenvalue weighted by molar-refractivity contribution is -0.384. The van der Waals surface area contributed by atoms with E-state index in [1.807, 2.05) is 0 Å². The van der Waals surface area contributed by atoms with Crippen molar-refractivity contribution < 1.29 is 14.8 Å². The van der Waals surface area contributed by atoms with Crippen LogP contribution in [0.25, 0.3) is 0 Å². The molecule has 0 spiro atoms. The summed E-state index contributed by atoms with van der Waals surface area (Å²) >= 11 is 0. The highest BCUT2D eigenvalue weighted by atomic mass is 16.6. The minimum Gasteiger partial charge on any atom is -0.477 e. The number of nitrogens with one attached hydrogen (secondary N) is 1. The molecule has 17 heavy (non-hydrogen) atoms. The van der Waals surface area contributed by atoms with E-state index in [9.17, 15) is 14.9 Å². The Labute approximate surface area is 97.6 Å². The lowest BCUT2D eigenvalue weighted by Crippen LogP contribution is -2.27. The molecule has 92 valence electrons. The topological polar surface area (TPSA) is 105 Å². The fourth-order valence-corrected chi connectivity index (χ4v) is 1.17. The molecule has 1 aromatic rings. The van der Waals surface area contributed by atoms with E-state index >= 15 is 0 Å². The predicted molar refractivity (Wildman–Crippen MR) is 61.2 cm³/mol. The van der Waals surface area contributed by atoms with Crippen molar-refractivity contribution in [3.05, 3.63) is 27.9 Å². The summed E-state index contributed by atoms with van der Waals surface area (Å²) in [6, 6.07) is 2.23. The van der Waals surface area contributed by atoms with E-state index in [1.54, 1.807) is 20.8 Å². The van der Waals surface area contributed by atoms with Gasteiger partial charge in [-0.25, -0.2) is 9.78 Å². The van der Waals surface area contributed by atoms with Crippen molar-refractivity contribution in [2.45, 2.75) is 26.3 Å². The van der Waals surface area contributed by atoms with Crippen LogP contribution in [0, 0.1) is 10.1 Å². The van der Waals surface area contributed by atoms with Crippen LogP contribution in [0.5, 0.6) is 0 Å². The first-order valence-corrected chi connectivity index (χ1v) is 4.87. The zero-order valence-electron chi connectivity index (χ0n) is 9.72. The molecule has 1 heterocycles. The smallest absolute Gasteiger partial charge is 0.354 e. The fourth-order valence-electron chi connectivity index (χ4n) is 1.17. The number of carboxylic acids is 1. The zero-order valence-corrected chi connectivity index (χ0v) is 9.72. The third kappa shape index (κ3) is 3.40. The highest BCUT2D eigenvalue weighted by Crippen LogP contribution is 2.25. The first-order valence-electron chi connectivity index (χ1n) is 4.87. The van der Waals surface area contributed by atoms with Gasteiger partial charge in [0.05, 0.1) is 4.92 Å². The molecule has 0 radical (unpaired) electrons. The van der Waals surface area contributed by atoms with Gasteiger partial charge in [-0.2, -0.15) is 0 Å². The average Bonchev–Trinajstić information content (AvgIpc) is 2.14. The standard InChI is InChI=1S/C10H13N3O4/c1-10(2,3)12-8-7(13(16)17)5-4-6(11-8)9(14)15/h4-5H,1-3H3,(H,11,12)(H,14,15). The summed E-state index contributed by atoms with van der Waals surface area (Å²) in [7, 11) is 0. The van der Waals surface area contributed by atoms with Gasteiger partial charge in [0, 0.05) is 11.6 Å². The maximum atomic E-state index is 10.8. The van der Waals surface area contributed by atoms with Crippen LogP contribution >= 0.6 is 0 Å². The van der Waals surface area contributed by atoms with Crippen LogP contribution in [-0.2, 0) is 0 Å². The number of carboxylic acid groups (broad SMARTS) is 1. The number of anilines is 1. The first-order chi connectivity index (χ1) is 7.70. The summed E-state index contributed by atoms with van der Waals surface area (Å²) in [5.41, 5.74) is -0.929. The molecule has 0 atom stereocenters. The van der Waals surface area contributed by atoms with Crippen molar-refractivity contribution in [2.24, 2.45) is 0 Å². The highest BCUT2D eigenvalue weighted by molar-refractivity contribution is 5.86. The van der Waals surface area contributed by atoms with E-state index in [-0.39, 0.29) is 17.2 Å². The predicted octanol–water partition coefficient (Wildman–Crippen LogP) is 1.90. The molecule has 7 nitrogen and oxygen atoms in total. The van der Waals surface area contributed by atoms with E-state index in [2.05, 4.69) is 10.3 Å². The molecule has 1 rings (SSSR count). The van der Waals surface area contributed by atoms with Crippen LogP contribution in [-0.4, -0.2) is 26.5 Å². The minimum absolute atomic E-state index is 0.0394. The number of aromatic carboxylic acids is 1. The van der Waals surface area contributed by atoms with Gasteiger partial charge in [0.2, 0.25) is 5.82 Å². The molecule has 0 aliphatic heterocycles. The van der Waals surface area contributed by atoms with E-state index in [4.69, 9.17) is 5.11 Å². The van der Waals surface area contributed by atoms with Crippen molar-refractivity contribution in [3.8, 4) is 0 Å². The van der Waals surface area contributed by atoms with Crippen LogP contribution in [0.2, 0.25) is 0 Å². The number of nitro groups is 1. The Bertz CT molecular complexity index is 465. The summed E-state index contributed by atoms with van der Waals surface area (Å²) in [6.07, 6.45) is 0. The molecule has 2 N–H and O–H groups in total. The van der Waals surface area contributed by atoms with E-state index in [1.165, 1.54) is 0 Å². The van der Waals surface area contributed by atoms with Crippen LogP contribution < -0.4 is 5.32 Å². The summed E-state index contributed by atoms with van der Waals surface area (Å²) in [6.45, 7) is 5.39. The molecule has 0 bridgehead atoms. The summed E-state index contributed by atoms with van der Waals surface area (Å²) in [5.74, 6) is -1.26. The number of hydrogen-bond acceptors (Lipinski definition) is 5. The molecule has 0 unspecified atom stereocenters. The second-order valence-corrected chi connectivity index (χ2v) is 4.50. The number of carbonyl (C=O) groups is 1. The van der Waals surface area contributed by atoms with Crippen LogP contribution in [0.15, 0.2) is 12.1 Å². The van der Waals surface area contributed by atoms with E-state index < -0.39 is 16.4 Å². The zero-order chi connectivity index (χ0) is 13.2. The van der Waals surface area contributed by atoms with Gasteiger partial charge in [0.25, 0.3) is 0 Å². The minimum atomic E-state index is -1.23. The highest BCUT2D eigenvalue weighted by Gasteiger charge is 2.22.